The third-order valence-electron chi connectivity index (χ3n) is 4.86. The largest absolute Gasteiger partial charge is 0.344 e. The van der Waals surface area contributed by atoms with Crippen LogP contribution in [-0.4, -0.2) is 9.55 Å². The second-order valence-corrected chi connectivity index (χ2v) is 6.55. The molecule has 0 aliphatic heterocycles. The molecule has 0 aliphatic rings. The number of benzene rings is 2. The molecule has 0 radical (unpaired) electrons. The fourth-order valence-corrected chi connectivity index (χ4v) is 3.46. The van der Waals surface area contributed by atoms with Crippen molar-refractivity contribution in [2.45, 2.75) is 20.4 Å². The SMILES string of the molecule is Cc1cc(-c2nc3ccccc3cc2C#N)c(C)n1Cc1ccccc1. The van der Waals surface area contributed by atoms with E-state index in [0.29, 0.717) is 5.56 Å². The quantitative estimate of drug-likeness (QED) is 0.513. The maximum absolute atomic E-state index is 9.64. The lowest BCUT2D eigenvalue weighted by atomic mass is 10.0. The average Bonchev–Trinajstić information content (AvgIpc) is 2.96. The van der Waals surface area contributed by atoms with Gasteiger partial charge in [-0.2, -0.15) is 5.26 Å². The van der Waals surface area contributed by atoms with Gasteiger partial charge in [-0.15, -0.1) is 0 Å². The molecule has 4 rings (SSSR count). The summed E-state index contributed by atoms with van der Waals surface area (Å²) >= 11 is 0. The predicted octanol–water partition coefficient (Wildman–Crippen LogP) is 5.24. The molecule has 3 heteroatoms. The van der Waals surface area contributed by atoms with E-state index < -0.39 is 0 Å². The standard InChI is InChI=1S/C23H19N3/c1-16-12-21(17(2)26(16)15-18-8-4-3-5-9-18)23-20(14-24)13-19-10-6-7-11-22(19)25-23/h3-13H,15H2,1-2H3. The first-order valence-electron chi connectivity index (χ1n) is 8.68. The number of pyridine rings is 1. The van der Waals surface area contributed by atoms with E-state index in [0.717, 1.165) is 34.4 Å². The number of para-hydroxylation sites is 1. The van der Waals surface area contributed by atoms with E-state index in [1.807, 2.05) is 36.4 Å². The minimum absolute atomic E-state index is 0.615. The number of aryl methyl sites for hydroxylation is 1. The van der Waals surface area contributed by atoms with Crippen LogP contribution in [0.25, 0.3) is 22.2 Å². The van der Waals surface area contributed by atoms with Crippen molar-refractivity contribution in [2.75, 3.05) is 0 Å². The summed E-state index contributed by atoms with van der Waals surface area (Å²) in [6, 6.07) is 24.7. The van der Waals surface area contributed by atoms with E-state index in [9.17, 15) is 5.26 Å². The van der Waals surface area contributed by atoms with E-state index in [4.69, 9.17) is 4.98 Å². The zero-order valence-corrected chi connectivity index (χ0v) is 14.9. The zero-order chi connectivity index (χ0) is 18.1. The first-order valence-corrected chi connectivity index (χ1v) is 8.68. The van der Waals surface area contributed by atoms with Crippen molar-refractivity contribution in [2.24, 2.45) is 0 Å². The van der Waals surface area contributed by atoms with Crippen molar-refractivity contribution in [3.05, 3.63) is 89.2 Å². The summed E-state index contributed by atoms with van der Waals surface area (Å²) in [6.07, 6.45) is 0. The zero-order valence-electron chi connectivity index (χ0n) is 14.9. The van der Waals surface area contributed by atoms with Gasteiger partial charge < -0.3 is 4.57 Å². The Hall–Kier alpha value is -3.38. The normalized spacial score (nSPS) is 10.8. The molecule has 0 spiro atoms. The summed E-state index contributed by atoms with van der Waals surface area (Å²) in [5, 5.41) is 10.6. The number of nitriles is 1. The van der Waals surface area contributed by atoms with Crippen LogP contribution in [0.4, 0.5) is 0 Å². The van der Waals surface area contributed by atoms with Gasteiger partial charge in [0.25, 0.3) is 0 Å². The summed E-state index contributed by atoms with van der Waals surface area (Å²) in [6.45, 7) is 5.02. The van der Waals surface area contributed by atoms with Gasteiger partial charge in [-0.05, 0) is 37.6 Å². The first-order chi connectivity index (χ1) is 12.7. The highest BCUT2D eigenvalue weighted by atomic mass is 15.0. The molecular formula is C23H19N3. The monoisotopic (exact) mass is 337 g/mol. The van der Waals surface area contributed by atoms with Crippen LogP contribution in [0.5, 0.6) is 0 Å². The van der Waals surface area contributed by atoms with Crippen LogP contribution in [0.1, 0.15) is 22.5 Å². The van der Waals surface area contributed by atoms with E-state index in [2.05, 4.69) is 54.8 Å². The Balaban J connectivity index is 1.85. The van der Waals surface area contributed by atoms with Gasteiger partial charge in [0, 0.05) is 28.9 Å². The van der Waals surface area contributed by atoms with Crippen molar-refractivity contribution in [1.29, 1.82) is 5.26 Å². The lowest BCUT2D eigenvalue weighted by Crippen LogP contribution is -2.04. The molecule has 0 aliphatic carbocycles. The number of fused-ring (bicyclic) bond motifs is 1. The second-order valence-electron chi connectivity index (χ2n) is 6.55. The van der Waals surface area contributed by atoms with Crippen LogP contribution in [0, 0.1) is 25.2 Å². The van der Waals surface area contributed by atoms with Crippen molar-refractivity contribution >= 4 is 10.9 Å². The molecule has 0 N–H and O–H groups in total. The molecule has 2 aromatic heterocycles. The summed E-state index contributed by atoms with van der Waals surface area (Å²) in [5.41, 5.74) is 6.87. The Bertz CT molecular complexity index is 1130. The number of hydrogen-bond acceptors (Lipinski definition) is 2. The van der Waals surface area contributed by atoms with Crippen molar-refractivity contribution in [1.82, 2.24) is 9.55 Å². The van der Waals surface area contributed by atoms with Gasteiger partial charge in [-0.1, -0.05) is 48.5 Å². The van der Waals surface area contributed by atoms with Crippen molar-refractivity contribution in [3.8, 4) is 17.3 Å². The molecule has 2 aromatic carbocycles. The second kappa shape index (κ2) is 6.50. The van der Waals surface area contributed by atoms with E-state index in [-0.39, 0.29) is 0 Å². The number of rotatable bonds is 3. The van der Waals surface area contributed by atoms with E-state index >= 15 is 0 Å². The third kappa shape index (κ3) is 2.76. The first kappa shape index (κ1) is 16.1. The Kier molecular flexibility index (Phi) is 4.02. The van der Waals surface area contributed by atoms with Gasteiger partial charge in [0.2, 0.25) is 0 Å². The van der Waals surface area contributed by atoms with Crippen LogP contribution < -0.4 is 0 Å². The number of hydrogen-bond donors (Lipinski definition) is 0. The van der Waals surface area contributed by atoms with Crippen molar-refractivity contribution in [3.63, 3.8) is 0 Å². The van der Waals surface area contributed by atoms with Gasteiger partial charge in [0.05, 0.1) is 16.8 Å². The molecule has 0 bridgehead atoms. The van der Waals surface area contributed by atoms with Crippen molar-refractivity contribution < 1.29 is 0 Å². The smallest absolute Gasteiger partial charge is 0.101 e. The van der Waals surface area contributed by atoms with Gasteiger partial charge >= 0.3 is 0 Å². The highest BCUT2D eigenvalue weighted by Crippen LogP contribution is 2.30. The van der Waals surface area contributed by atoms with Crippen LogP contribution in [0.3, 0.4) is 0 Å². The minimum Gasteiger partial charge on any atom is -0.344 e. The molecule has 0 atom stereocenters. The summed E-state index contributed by atoms with van der Waals surface area (Å²) < 4.78 is 2.28. The molecule has 4 aromatic rings. The minimum atomic E-state index is 0.615. The molecule has 2 heterocycles. The molecule has 0 amide bonds. The molecular weight excluding hydrogens is 318 g/mol. The molecule has 0 saturated heterocycles. The Morgan fingerprint density at radius 3 is 2.46 bits per heavy atom. The van der Waals surface area contributed by atoms with Crippen LogP contribution in [-0.2, 0) is 6.54 Å². The Labute approximate surface area is 153 Å². The van der Waals surface area contributed by atoms with Crippen LogP contribution >= 0.6 is 0 Å². The van der Waals surface area contributed by atoms with Gasteiger partial charge in [0.15, 0.2) is 0 Å². The van der Waals surface area contributed by atoms with Crippen LogP contribution in [0.2, 0.25) is 0 Å². The topological polar surface area (TPSA) is 41.6 Å². The van der Waals surface area contributed by atoms with Gasteiger partial charge in [-0.3, -0.25) is 0 Å². The summed E-state index contributed by atoms with van der Waals surface area (Å²) in [7, 11) is 0. The number of nitrogens with zero attached hydrogens (tertiary/aromatic N) is 3. The summed E-state index contributed by atoms with van der Waals surface area (Å²) in [5.74, 6) is 0. The lowest BCUT2D eigenvalue weighted by molar-refractivity contribution is 0.750. The predicted molar refractivity (Wildman–Crippen MR) is 105 cm³/mol. The van der Waals surface area contributed by atoms with E-state index in [1.54, 1.807) is 0 Å². The Morgan fingerprint density at radius 2 is 1.69 bits per heavy atom. The Morgan fingerprint density at radius 1 is 0.962 bits per heavy atom. The molecule has 126 valence electrons. The van der Waals surface area contributed by atoms with Gasteiger partial charge in [0.1, 0.15) is 6.07 Å². The maximum atomic E-state index is 9.64. The fourth-order valence-electron chi connectivity index (χ4n) is 3.46. The molecule has 26 heavy (non-hydrogen) atoms. The van der Waals surface area contributed by atoms with E-state index in [1.165, 1.54) is 11.3 Å². The molecule has 3 nitrogen and oxygen atoms in total. The highest BCUT2D eigenvalue weighted by Gasteiger charge is 2.16. The average molecular weight is 337 g/mol. The van der Waals surface area contributed by atoms with Gasteiger partial charge in [-0.25, -0.2) is 4.98 Å². The molecule has 0 unspecified atom stereocenters. The highest BCUT2D eigenvalue weighted by molar-refractivity contribution is 5.85. The summed E-state index contributed by atoms with van der Waals surface area (Å²) in [4.78, 5) is 4.80. The number of aromatic nitrogens is 2. The molecule has 0 fully saturated rings. The lowest BCUT2D eigenvalue weighted by Gasteiger charge is -2.11. The maximum Gasteiger partial charge on any atom is 0.101 e. The fraction of sp³-hybridized carbons (Fsp3) is 0.130. The third-order valence-corrected chi connectivity index (χ3v) is 4.86. The van der Waals surface area contributed by atoms with Crippen LogP contribution in [0.15, 0.2) is 66.7 Å². The molecule has 0 saturated carbocycles.